The first-order valence-corrected chi connectivity index (χ1v) is 4.73. The fraction of sp³-hybridized carbons (Fsp3) is 0.455. The fourth-order valence-electron chi connectivity index (χ4n) is 1.29. The third-order valence-electron chi connectivity index (χ3n) is 2.57. The van der Waals surface area contributed by atoms with Gasteiger partial charge in [-0.2, -0.15) is 0 Å². The van der Waals surface area contributed by atoms with E-state index in [1.807, 2.05) is 0 Å². The van der Waals surface area contributed by atoms with Gasteiger partial charge in [-0.3, -0.25) is 0 Å². The van der Waals surface area contributed by atoms with E-state index in [9.17, 15) is 9.50 Å². The molecule has 0 radical (unpaired) electrons. The second-order valence-electron chi connectivity index (χ2n) is 4.33. The monoisotopic (exact) mass is 213 g/mol. The predicted molar refractivity (Wildman–Crippen MR) is 55.9 cm³/mol. The summed E-state index contributed by atoms with van der Waals surface area (Å²) >= 11 is 0. The van der Waals surface area contributed by atoms with Gasteiger partial charge in [0.15, 0.2) is 0 Å². The van der Waals surface area contributed by atoms with Crippen LogP contribution in [0.15, 0.2) is 18.2 Å². The van der Waals surface area contributed by atoms with Gasteiger partial charge in [0.05, 0.1) is 0 Å². The molecule has 0 aliphatic carbocycles. The largest absolute Gasteiger partial charge is 0.508 e. The van der Waals surface area contributed by atoms with Gasteiger partial charge in [-0.15, -0.1) is 0 Å². The van der Waals surface area contributed by atoms with Crippen LogP contribution in [0.1, 0.15) is 25.5 Å². The van der Waals surface area contributed by atoms with Crippen LogP contribution in [0.25, 0.3) is 0 Å². The van der Waals surface area contributed by atoms with E-state index in [2.05, 4.69) is 0 Å². The fourth-order valence-corrected chi connectivity index (χ4v) is 1.29. The number of aromatic hydroxyl groups is 1. The quantitative estimate of drug-likeness (QED) is 0.713. The van der Waals surface area contributed by atoms with Crippen molar-refractivity contribution in [2.45, 2.75) is 19.9 Å². The van der Waals surface area contributed by atoms with Crippen molar-refractivity contribution in [3.8, 4) is 5.75 Å². The van der Waals surface area contributed by atoms with Gasteiger partial charge in [0, 0.05) is 23.6 Å². The van der Waals surface area contributed by atoms with Crippen molar-refractivity contribution >= 4 is 0 Å². The van der Waals surface area contributed by atoms with E-state index >= 15 is 0 Å². The van der Waals surface area contributed by atoms with Gasteiger partial charge >= 0.3 is 0 Å². The molecule has 3 nitrogen and oxygen atoms in total. The van der Waals surface area contributed by atoms with Gasteiger partial charge in [-0.05, 0) is 18.2 Å². The summed E-state index contributed by atoms with van der Waals surface area (Å²) in [6.45, 7) is 3.37. The maximum absolute atomic E-state index is 13.0. The molecule has 0 saturated carbocycles. The Morgan fingerprint density at radius 2 is 2.07 bits per heavy atom. The Bertz CT molecular complexity index is 352. The number of rotatable bonds is 3. The molecule has 0 aliphatic heterocycles. The standard InChI is InChI=1S/C11H16FNO2/c1-11(2,6-14)10(13)8-5-7(12)3-4-9(8)15/h3-5,10,14-15H,6,13H2,1-2H3/t10-/m1/s1. The van der Waals surface area contributed by atoms with Crippen molar-refractivity contribution in [1.29, 1.82) is 0 Å². The average molecular weight is 213 g/mol. The number of halogens is 1. The number of hydrogen-bond donors (Lipinski definition) is 3. The Labute approximate surface area is 88.4 Å². The summed E-state index contributed by atoms with van der Waals surface area (Å²) < 4.78 is 13.0. The first kappa shape index (κ1) is 11.9. The Hall–Kier alpha value is -1.13. The van der Waals surface area contributed by atoms with E-state index in [1.54, 1.807) is 13.8 Å². The highest BCUT2D eigenvalue weighted by molar-refractivity contribution is 5.36. The second-order valence-corrected chi connectivity index (χ2v) is 4.33. The summed E-state index contributed by atoms with van der Waals surface area (Å²) in [6.07, 6.45) is 0. The molecule has 4 heteroatoms. The molecule has 0 unspecified atom stereocenters. The molecule has 1 rings (SSSR count). The van der Waals surface area contributed by atoms with Crippen LogP contribution in [0.5, 0.6) is 5.75 Å². The Kier molecular flexibility index (Phi) is 3.31. The van der Waals surface area contributed by atoms with Crippen LogP contribution < -0.4 is 5.73 Å². The number of phenols is 1. The molecule has 0 spiro atoms. The van der Waals surface area contributed by atoms with E-state index < -0.39 is 17.3 Å². The summed E-state index contributed by atoms with van der Waals surface area (Å²) in [5, 5.41) is 18.7. The highest BCUT2D eigenvalue weighted by atomic mass is 19.1. The zero-order valence-electron chi connectivity index (χ0n) is 8.87. The van der Waals surface area contributed by atoms with Crippen LogP contribution in [-0.4, -0.2) is 16.8 Å². The molecule has 0 heterocycles. The van der Waals surface area contributed by atoms with Crippen molar-refractivity contribution in [2.75, 3.05) is 6.61 Å². The van der Waals surface area contributed by atoms with Gasteiger partial charge < -0.3 is 15.9 Å². The average Bonchev–Trinajstić information content (AvgIpc) is 2.20. The summed E-state index contributed by atoms with van der Waals surface area (Å²) in [5.41, 5.74) is 5.57. The molecule has 1 aromatic carbocycles. The minimum atomic E-state index is -0.613. The molecule has 0 aliphatic rings. The lowest BCUT2D eigenvalue weighted by Crippen LogP contribution is -2.32. The van der Waals surface area contributed by atoms with Crippen LogP contribution in [0.2, 0.25) is 0 Å². The van der Waals surface area contributed by atoms with Crippen LogP contribution in [-0.2, 0) is 0 Å². The van der Waals surface area contributed by atoms with Crippen LogP contribution in [0.3, 0.4) is 0 Å². The van der Waals surface area contributed by atoms with E-state index in [4.69, 9.17) is 10.8 Å². The number of phenolic OH excluding ortho intramolecular Hbond substituents is 1. The van der Waals surface area contributed by atoms with Crippen molar-refractivity contribution in [2.24, 2.45) is 11.1 Å². The molecule has 0 amide bonds. The zero-order valence-corrected chi connectivity index (χ0v) is 8.87. The molecule has 0 fully saturated rings. The number of hydrogen-bond acceptors (Lipinski definition) is 3. The Balaban J connectivity index is 3.10. The third kappa shape index (κ3) is 2.46. The number of aliphatic hydroxyl groups excluding tert-OH is 1. The highest BCUT2D eigenvalue weighted by Gasteiger charge is 2.29. The van der Waals surface area contributed by atoms with Gasteiger partial charge in [0.1, 0.15) is 11.6 Å². The second kappa shape index (κ2) is 4.16. The lowest BCUT2D eigenvalue weighted by atomic mass is 9.81. The number of nitrogens with two attached hydrogens (primary N) is 1. The summed E-state index contributed by atoms with van der Waals surface area (Å²) in [6, 6.07) is 3.01. The van der Waals surface area contributed by atoms with Crippen molar-refractivity contribution in [3.63, 3.8) is 0 Å². The molecule has 1 aromatic rings. The van der Waals surface area contributed by atoms with Gasteiger partial charge in [0.25, 0.3) is 0 Å². The Morgan fingerprint density at radius 1 is 1.47 bits per heavy atom. The van der Waals surface area contributed by atoms with Gasteiger partial charge in [-0.25, -0.2) is 4.39 Å². The topological polar surface area (TPSA) is 66.5 Å². The van der Waals surface area contributed by atoms with E-state index in [-0.39, 0.29) is 12.4 Å². The summed E-state index contributed by atoms with van der Waals surface area (Å²) in [4.78, 5) is 0. The number of benzene rings is 1. The lowest BCUT2D eigenvalue weighted by Gasteiger charge is -2.30. The minimum absolute atomic E-state index is 0.0505. The molecule has 15 heavy (non-hydrogen) atoms. The van der Waals surface area contributed by atoms with Gasteiger partial charge in [0.2, 0.25) is 0 Å². The Morgan fingerprint density at radius 3 is 2.60 bits per heavy atom. The third-order valence-corrected chi connectivity index (χ3v) is 2.57. The molecular weight excluding hydrogens is 197 g/mol. The lowest BCUT2D eigenvalue weighted by molar-refractivity contribution is 0.131. The zero-order chi connectivity index (χ0) is 11.6. The van der Waals surface area contributed by atoms with Crippen LogP contribution in [0, 0.1) is 11.2 Å². The maximum atomic E-state index is 13.0. The summed E-state index contributed by atoms with van der Waals surface area (Å²) in [7, 11) is 0. The van der Waals surface area contributed by atoms with Crippen molar-refractivity contribution < 1.29 is 14.6 Å². The SMILES string of the molecule is CC(C)(CO)[C@H](N)c1cc(F)ccc1O. The summed E-state index contributed by atoms with van der Waals surface area (Å²) in [5.74, 6) is -0.502. The first-order chi connectivity index (χ1) is 6.88. The molecule has 4 N–H and O–H groups in total. The molecule has 0 bridgehead atoms. The van der Waals surface area contributed by atoms with Gasteiger partial charge in [-0.1, -0.05) is 13.8 Å². The highest BCUT2D eigenvalue weighted by Crippen LogP contribution is 2.35. The number of aliphatic hydroxyl groups is 1. The van der Waals surface area contributed by atoms with Crippen molar-refractivity contribution in [3.05, 3.63) is 29.6 Å². The first-order valence-electron chi connectivity index (χ1n) is 4.73. The maximum Gasteiger partial charge on any atom is 0.123 e. The minimum Gasteiger partial charge on any atom is -0.508 e. The predicted octanol–water partition coefficient (Wildman–Crippen LogP) is 1.55. The smallest absolute Gasteiger partial charge is 0.123 e. The molecule has 0 saturated heterocycles. The van der Waals surface area contributed by atoms with Crippen molar-refractivity contribution in [1.82, 2.24) is 0 Å². The van der Waals surface area contributed by atoms with E-state index in [0.29, 0.717) is 5.56 Å². The van der Waals surface area contributed by atoms with Crippen LogP contribution >= 0.6 is 0 Å². The molecular formula is C11H16FNO2. The molecule has 1 atom stereocenters. The molecule has 0 aromatic heterocycles. The van der Waals surface area contributed by atoms with E-state index in [1.165, 1.54) is 12.1 Å². The molecule has 84 valence electrons. The van der Waals surface area contributed by atoms with E-state index in [0.717, 1.165) is 6.07 Å². The van der Waals surface area contributed by atoms with Crippen LogP contribution in [0.4, 0.5) is 4.39 Å². The normalized spacial score (nSPS) is 13.9.